The molecule has 0 aromatic heterocycles. The Morgan fingerprint density at radius 2 is 2.06 bits per heavy atom. The fraction of sp³-hybridized carbons (Fsp3) is 0.300. The van der Waals surface area contributed by atoms with E-state index in [-0.39, 0.29) is 23.3 Å². The third-order valence-corrected chi connectivity index (χ3v) is 2.42. The van der Waals surface area contributed by atoms with Gasteiger partial charge in [-0.1, -0.05) is 0 Å². The van der Waals surface area contributed by atoms with E-state index >= 15 is 0 Å². The molecule has 0 radical (unpaired) electrons. The minimum atomic E-state index is -1.41. The molecular weight excluding hydrogens is 239 g/mol. The summed E-state index contributed by atoms with van der Waals surface area (Å²) in [5.41, 5.74) is -0.318. The average molecular weight is 249 g/mol. The van der Waals surface area contributed by atoms with E-state index in [9.17, 15) is 19.4 Å². The van der Waals surface area contributed by atoms with Crippen LogP contribution in [0.15, 0.2) is 12.1 Å². The fourth-order valence-electron chi connectivity index (χ4n) is 1.21. The lowest BCUT2D eigenvalue weighted by atomic mass is 10.0. The highest BCUT2D eigenvalue weighted by Gasteiger charge is 2.20. The molecule has 3 N–H and O–H groups in total. The Bertz CT molecular complexity index is 397. The number of aliphatic hydroxyl groups is 2. The number of carbonyl (C=O) groups excluding carboxylic acids is 1. The van der Waals surface area contributed by atoms with Crippen LogP contribution in [0.4, 0.5) is 4.39 Å². The van der Waals surface area contributed by atoms with Gasteiger partial charge in [0.1, 0.15) is 6.10 Å². The monoisotopic (exact) mass is 248 g/mol. The Balaban J connectivity index is 3.15. The maximum atomic E-state index is 13.1. The molecule has 1 aromatic carbocycles. The second-order valence-corrected chi connectivity index (χ2v) is 3.53. The summed E-state index contributed by atoms with van der Waals surface area (Å²) < 4.78 is 13.1. The van der Waals surface area contributed by atoms with E-state index in [0.29, 0.717) is 0 Å². The fourth-order valence-corrected chi connectivity index (χ4v) is 1.38. The lowest BCUT2D eigenvalue weighted by Crippen LogP contribution is -2.20. The van der Waals surface area contributed by atoms with E-state index in [1.54, 1.807) is 0 Å². The van der Waals surface area contributed by atoms with Crippen molar-refractivity contribution in [2.24, 2.45) is 0 Å². The summed E-state index contributed by atoms with van der Waals surface area (Å²) in [6, 6.07) is 1.93. The standard InChI is InChI=1S/C10H10ClFO4/c11-3-8(14)10(16)5-1-6(4-13)9(15)7(12)2-5/h1-2,4,8,10,14-16H,3H2. The molecule has 2 unspecified atom stereocenters. The van der Waals surface area contributed by atoms with Crippen LogP contribution in [-0.2, 0) is 0 Å². The van der Waals surface area contributed by atoms with Gasteiger partial charge in [0, 0.05) is 0 Å². The number of alkyl halides is 1. The zero-order valence-electron chi connectivity index (χ0n) is 8.10. The van der Waals surface area contributed by atoms with E-state index < -0.39 is 23.8 Å². The Hall–Kier alpha value is -1.17. The molecule has 1 rings (SSSR count). The molecule has 4 nitrogen and oxygen atoms in total. The first kappa shape index (κ1) is 12.9. The summed E-state index contributed by atoms with van der Waals surface area (Å²) in [6.07, 6.45) is -2.43. The van der Waals surface area contributed by atoms with Crippen molar-refractivity contribution in [3.63, 3.8) is 0 Å². The molecule has 6 heteroatoms. The van der Waals surface area contributed by atoms with Gasteiger partial charge in [-0.25, -0.2) is 4.39 Å². The molecule has 0 fully saturated rings. The van der Waals surface area contributed by atoms with E-state index in [1.807, 2.05) is 0 Å². The molecule has 1 aromatic rings. The van der Waals surface area contributed by atoms with Crippen LogP contribution >= 0.6 is 11.6 Å². The minimum absolute atomic E-state index is 0.0226. The third kappa shape index (κ3) is 2.49. The summed E-state index contributed by atoms with van der Waals surface area (Å²) in [5.74, 6) is -2.06. The van der Waals surface area contributed by atoms with Crippen LogP contribution in [0.3, 0.4) is 0 Å². The molecule has 0 saturated carbocycles. The first-order valence-corrected chi connectivity index (χ1v) is 4.94. The number of rotatable bonds is 4. The van der Waals surface area contributed by atoms with Crippen molar-refractivity contribution >= 4 is 17.9 Å². The normalized spacial score (nSPS) is 14.5. The summed E-state index contributed by atoms with van der Waals surface area (Å²) in [5, 5.41) is 27.9. The number of aromatic hydroxyl groups is 1. The molecule has 0 bridgehead atoms. The summed E-state index contributed by atoms with van der Waals surface area (Å²) in [6.45, 7) is 0. The maximum Gasteiger partial charge on any atom is 0.165 e. The molecule has 0 aliphatic carbocycles. The van der Waals surface area contributed by atoms with Gasteiger partial charge >= 0.3 is 0 Å². The van der Waals surface area contributed by atoms with Crippen molar-refractivity contribution in [1.82, 2.24) is 0 Å². The van der Waals surface area contributed by atoms with Crippen LogP contribution < -0.4 is 0 Å². The van der Waals surface area contributed by atoms with Crippen LogP contribution in [0.1, 0.15) is 22.0 Å². The second-order valence-electron chi connectivity index (χ2n) is 3.22. The average Bonchev–Trinajstić information content (AvgIpc) is 2.30. The van der Waals surface area contributed by atoms with Crippen LogP contribution in [0.2, 0.25) is 0 Å². The highest BCUT2D eigenvalue weighted by Crippen LogP contribution is 2.26. The number of carbonyl (C=O) groups is 1. The number of halogens is 2. The first-order valence-electron chi connectivity index (χ1n) is 4.41. The molecule has 2 atom stereocenters. The zero-order valence-corrected chi connectivity index (χ0v) is 8.86. The predicted molar refractivity (Wildman–Crippen MR) is 55.1 cm³/mol. The molecule has 0 spiro atoms. The smallest absolute Gasteiger partial charge is 0.165 e. The Kier molecular flexibility index (Phi) is 4.23. The Morgan fingerprint density at radius 1 is 1.44 bits per heavy atom. The van der Waals surface area contributed by atoms with Crippen molar-refractivity contribution in [1.29, 1.82) is 0 Å². The minimum Gasteiger partial charge on any atom is -0.504 e. The van der Waals surface area contributed by atoms with Crippen molar-refractivity contribution in [3.8, 4) is 5.75 Å². The van der Waals surface area contributed by atoms with Gasteiger partial charge in [0.15, 0.2) is 17.9 Å². The molecule has 0 aliphatic heterocycles. The summed E-state index contributed by atoms with van der Waals surface area (Å²) >= 11 is 5.32. The van der Waals surface area contributed by atoms with Gasteiger partial charge in [0.25, 0.3) is 0 Å². The molecule has 0 heterocycles. The first-order chi connectivity index (χ1) is 7.51. The van der Waals surface area contributed by atoms with Crippen LogP contribution in [0.25, 0.3) is 0 Å². The van der Waals surface area contributed by atoms with E-state index in [1.165, 1.54) is 0 Å². The van der Waals surface area contributed by atoms with Crippen molar-refractivity contribution in [3.05, 3.63) is 29.1 Å². The highest BCUT2D eigenvalue weighted by atomic mass is 35.5. The molecular formula is C10H10ClFO4. The van der Waals surface area contributed by atoms with Gasteiger partial charge < -0.3 is 15.3 Å². The van der Waals surface area contributed by atoms with Gasteiger partial charge in [-0.2, -0.15) is 0 Å². The molecule has 0 amide bonds. The van der Waals surface area contributed by atoms with Crippen molar-refractivity contribution in [2.45, 2.75) is 12.2 Å². The topological polar surface area (TPSA) is 77.8 Å². The number of hydrogen-bond acceptors (Lipinski definition) is 4. The second kappa shape index (κ2) is 5.25. The lowest BCUT2D eigenvalue weighted by molar-refractivity contribution is 0.0324. The van der Waals surface area contributed by atoms with Gasteiger partial charge in [0.2, 0.25) is 0 Å². The number of phenols is 1. The van der Waals surface area contributed by atoms with E-state index in [4.69, 9.17) is 16.7 Å². The third-order valence-electron chi connectivity index (χ3n) is 2.11. The molecule has 0 saturated heterocycles. The van der Waals surface area contributed by atoms with Crippen LogP contribution in [-0.4, -0.2) is 33.6 Å². The largest absolute Gasteiger partial charge is 0.504 e. The Morgan fingerprint density at radius 3 is 2.56 bits per heavy atom. The number of hydrogen-bond donors (Lipinski definition) is 3. The summed E-state index contributed by atoms with van der Waals surface area (Å²) in [4.78, 5) is 10.5. The number of aliphatic hydroxyl groups excluding tert-OH is 2. The molecule has 16 heavy (non-hydrogen) atoms. The lowest BCUT2D eigenvalue weighted by Gasteiger charge is -2.16. The zero-order chi connectivity index (χ0) is 12.3. The number of benzene rings is 1. The van der Waals surface area contributed by atoms with Crippen molar-refractivity contribution < 1.29 is 24.5 Å². The molecule has 0 aliphatic rings. The number of phenolic OH excluding ortho intramolecular Hbond substituents is 1. The van der Waals surface area contributed by atoms with Gasteiger partial charge in [-0.15, -0.1) is 11.6 Å². The molecule has 88 valence electrons. The van der Waals surface area contributed by atoms with Crippen molar-refractivity contribution in [2.75, 3.05) is 5.88 Å². The predicted octanol–water partition coefficient (Wildman–Crippen LogP) is 0.977. The van der Waals surface area contributed by atoms with Gasteiger partial charge in [0.05, 0.1) is 17.5 Å². The maximum absolute atomic E-state index is 13.1. The SMILES string of the molecule is O=Cc1cc(C(O)C(O)CCl)cc(F)c1O. The number of aldehydes is 1. The van der Waals surface area contributed by atoms with Gasteiger partial charge in [-0.05, 0) is 17.7 Å². The van der Waals surface area contributed by atoms with Crippen LogP contribution in [0.5, 0.6) is 5.75 Å². The Labute approximate surface area is 95.9 Å². The van der Waals surface area contributed by atoms with E-state index in [2.05, 4.69) is 0 Å². The van der Waals surface area contributed by atoms with Gasteiger partial charge in [-0.3, -0.25) is 4.79 Å². The quantitative estimate of drug-likeness (QED) is 0.548. The summed E-state index contributed by atoms with van der Waals surface area (Å²) in [7, 11) is 0. The highest BCUT2D eigenvalue weighted by molar-refractivity contribution is 6.18. The van der Waals surface area contributed by atoms with E-state index in [0.717, 1.165) is 12.1 Å². The van der Waals surface area contributed by atoms with Crippen LogP contribution in [0, 0.1) is 5.82 Å².